The first kappa shape index (κ1) is 20.9. The van der Waals surface area contributed by atoms with Gasteiger partial charge in [0, 0.05) is 57.0 Å². The van der Waals surface area contributed by atoms with Crippen molar-refractivity contribution in [3.05, 3.63) is 49.3 Å². The smallest absolute Gasteiger partial charge is 0.228 e. The maximum absolute atomic E-state index is 13.2. The van der Waals surface area contributed by atoms with E-state index in [1.165, 1.54) is 12.7 Å². The van der Waals surface area contributed by atoms with Gasteiger partial charge in [-0.05, 0) is 12.1 Å². The number of benzene rings is 1. The first-order chi connectivity index (χ1) is 16.1. The number of hydrogen-bond acceptors (Lipinski definition) is 8. The molecule has 11 heteroatoms. The zero-order valence-corrected chi connectivity index (χ0v) is 18.2. The SMILES string of the molecule is COc1cccc(N2CC(C(=O)N3CCN(c4cc(-n5cncn5)ncn4)CC3)CC2=O)c1. The summed E-state index contributed by atoms with van der Waals surface area (Å²) in [5.41, 5.74) is 0.756. The highest BCUT2D eigenvalue weighted by Crippen LogP contribution is 2.29. The number of anilines is 2. The van der Waals surface area contributed by atoms with Crippen LogP contribution in [0.3, 0.4) is 0 Å². The predicted octanol–water partition coefficient (Wildman–Crippen LogP) is 0.768. The van der Waals surface area contributed by atoms with Crippen LogP contribution in [0.4, 0.5) is 11.5 Å². The molecule has 33 heavy (non-hydrogen) atoms. The summed E-state index contributed by atoms with van der Waals surface area (Å²) in [6.07, 6.45) is 4.76. The van der Waals surface area contributed by atoms with Crippen molar-refractivity contribution in [3.63, 3.8) is 0 Å². The van der Waals surface area contributed by atoms with Crippen LogP contribution in [0.2, 0.25) is 0 Å². The molecule has 0 saturated carbocycles. The minimum atomic E-state index is -0.340. The number of amides is 2. The van der Waals surface area contributed by atoms with E-state index in [4.69, 9.17) is 4.74 Å². The van der Waals surface area contributed by atoms with Crippen molar-refractivity contribution in [2.75, 3.05) is 49.6 Å². The summed E-state index contributed by atoms with van der Waals surface area (Å²) in [6, 6.07) is 9.21. The van der Waals surface area contributed by atoms with Crippen molar-refractivity contribution in [1.82, 2.24) is 29.6 Å². The number of carbonyl (C=O) groups excluding carboxylic acids is 2. The Hall–Kier alpha value is -4.02. The molecule has 0 N–H and O–H groups in total. The number of aromatic nitrogens is 5. The topological polar surface area (TPSA) is 110 Å². The molecule has 11 nitrogen and oxygen atoms in total. The van der Waals surface area contributed by atoms with Gasteiger partial charge in [-0.3, -0.25) is 9.59 Å². The fraction of sp³-hybridized carbons (Fsp3) is 0.364. The molecule has 1 unspecified atom stereocenters. The lowest BCUT2D eigenvalue weighted by molar-refractivity contribution is -0.136. The molecule has 1 aromatic carbocycles. The lowest BCUT2D eigenvalue weighted by Gasteiger charge is -2.36. The number of hydrogen-bond donors (Lipinski definition) is 0. The monoisotopic (exact) mass is 448 g/mol. The number of carbonyl (C=O) groups is 2. The first-order valence-electron chi connectivity index (χ1n) is 10.8. The maximum Gasteiger partial charge on any atom is 0.228 e. The summed E-state index contributed by atoms with van der Waals surface area (Å²) < 4.78 is 6.84. The standard InChI is InChI=1S/C22H24N8O3/c1-33-18-4-2-3-17(10-18)29-12-16(9-21(29)31)22(32)28-7-5-27(6-8-28)19-11-20(25-14-24-19)30-15-23-13-26-30/h2-4,10-11,13-16H,5-9,12H2,1H3. The van der Waals surface area contributed by atoms with Crippen LogP contribution in [0.15, 0.2) is 49.3 Å². The molecule has 2 aliphatic rings. The fourth-order valence-corrected chi connectivity index (χ4v) is 4.28. The van der Waals surface area contributed by atoms with Crippen molar-refractivity contribution in [3.8, 4) is 11.6 Å². The third kappa shape index (κ3) is 4.21. The molecule has 2 fully saturated rings. The summed E-state index contributed by atoms with van der Waals surface area (Å²) in [5.74, 6) is 1.75. The van der Waals surface area contributed by atoms with Gasteiger partial charge in [-0.15, -0.1) is 0 Å². The molecular weight excluding hydrogens is 424 g/mol. The average molecular weight is 448 g/mol. The van der Waals surface area contributed by atoms with Gasteiger partial charge in [-0.25, -0.2) is 19.6 Å². The summed E-state index contributed by atoms with van der Waals surface area (Å²) in [4.78, 5) is 44.0. The minimum absolute atomic E-state index is 0.0272. The van der Waals surface area contributed by atoms with Crippen molar-refractivity contribution in [2.24, 2.45) is 5.92 Å². The van der Waals surface area contributed by atoms with E-state index >= 15 is 0 Å². The molecule has 2 aliphatic heterocycles. The Labute approximate surface area is 190 Å². The van der Waals surface area contributed by atoms with Crippen LogP contribution in [0.5, 0.6) is 5.75 Å². The first-order valence-corrected chi connectivity index (χ1v) is 10.8. The second-order valence-electron chi connectivity index (χ2n) is 7.99. The van der Waals surface area contributed by atoms with Crippen molar-refractivity contribution < 1.29 is 14.3 Å². The van der Waals surface area contributed by atoms with E-state index in [-0.39, 0.29) is 24.2 Å². The molecule has 5 rings (SSSR count). The van der Waals surface area contributed by atoms with Gasteiger partial charge < -0.3 is 19.4 Å². The normalized spacial score (nSPS) is 18.6. The molecule has 0 bridgehead atoms. The molecule has 1 atom stereocenters. The lowest BCUT2D eigenvalue weighted by Crippen LogP contribution is -2.51. The van der Waals surface area contributed by atoms with Crippen LogP contribution in [0.1, 0.15) is 6.42 Å². The van der Waals surface area contributed by atoms with Gasteiger partial charge in [-0.1, -0.05) is 6.07 Å². The zero-order chi connectivity index (χ0) is 22.8. The van der Waals surface area contributed by atoms with Gasteiger partial charge in [0.1, 0.15) is 30.5 Å². The largest absolute Gasteiger partial charge is 0.497 e. The van der Waals surface area contributed by atoms with Crippen LogP contribution in [-0.4, -0.2) is 81.3 Å². The van der Waals surface area contributed by atoms with Gasteiger partial charge in [0.15, 0.2) is 5.82 Å². The second kappa shape index (κ2) is 8.85. The van der Waals surface area contributed by atoms with E-state index in [1.807, 2.05) is 35.2 Å². The van der Waals surface area contributed by atoms with E-state index < -0.39 is 0 Å². The molecule has 2 saturated heterocycles. The Morgan fingerprint density at radius 1 is 1.06 bits per heavy atom. The third-order valence-corrected chi connectivity index (χ3v) is 6.05. The Morgan fingerprint density at radius 3 is 2.64 bits per heavy atom. The van der Waals surface area contributed by atoms with Crippen LogP contribution in [0, 0.1) is 5.92 Å². The molecule has 3 aromatic rings. The van der Waals surface area contributed by atoms with Gasteiger partial charge >= 0.3 is 0 Å². The van der Waals surface area contributed by atoms with E-state index in [1.54, 1.807) is 23.0 Å². The molecule has 0 aliphatic carbocycles. The summed E-state index contributed by atoms with van der Waals surface area (Å²) in [7, 11) is 1.59. The molecule has 2 aromatic heterocycles. The summed E-state index contributed by atoms with van der Waals surface area (Å²) >= 11 is 0. The fourth-order valence-electron chi connectivity index (χ4n) is 4.28. The quantitative estimate of drug-likeness (QED) is 0.563. The summed E-state index contributed by atoms with van der Waals surface area (Å²) in [5, 5.41) is 4.10. The molecule has 170 valence electrons. The van der Waals surface area contributed by atoms with Crippen LogP contribution < -0.4 is 14.5 Å². The number of rotatable bonds is 5. The Kier molecular flexibility index (Phi) is 5.59. The highest BCUT2D eigenvalue weighted by molar-refractivity contribution is 6.00. The second-order valence-corrected chi connectivity index (χ2v) is 7.99. The van der Waals surface area contributed by atoms with Gasteiger partial charge in [0.05, 0.1) is 13.0 Å². The maximum atomic E-state index is 13.2. The Balaban J connectivity index is 1.21. The molecule has 2 amide bonds. The van der Waals surface area contributed by atoms with E-state index in [0.29, 0.717) is 44.3 Å². The van der Waals surface area contributed by atoms with E-state index in [0.717, 1.165) is 11.5 Å². The van der Waals surface area contributed by atoms with Crippen LogP contribution in [0.25, 0.3) is 5.82 Å². The third-order valence-electron chi connectivity index (χ3n) is 6.05. The number of ether oxygens (including phenoxy) is 1. The Morgan fingerprint density at radius 2 is 1.88 bits per heavy atom. The highest BCUT2D eigenvalue weighted by Gasteiger charge is 2.38. The number of piperazine rings is 1. The van der Waals surface area contributed by atoms with Crippen LogP contribution in [-0.2, 0) is 9.59 Å². The van der Waals surface area contributed by atoms with Crippen LogP contribution >= 0.6 is 0 Å². The molecule has 4 heterocycles. The van der Waals surface area contributed by atoms with E-state index in [9.17, 15) is 9.59 Å². The number of nitrogens with zero attached hydrogens (tertiary/aromatic N) is 8. The molecular formula is C22H24N8O3. The lowest BCUT2D eigenvalue weighted by atomic mass is 10.1. The molecule has 0 spiro atoms. The minimum Gasteiger partial charge on any atom is -0.497 e. The Bertz CT molecular complexity index is 1140. The number of methoxy groups -OCH3 is 1. The van der Waals surface area contributed by atoms with E-state index in [2.05, 4.69) is 25.0 Å². The van der Waals surface area contributed by atoms with Gasteiger partial charge in [0.25, 0.3) is 0 Å². The highest BCUT2D eigenvalue weighted by atomic mass is 16.5. The van der Waals surface area contributed by atoms with Crippen molar-refractivity contribution in [2.45, 2.75) is 6.42 Å². The average Bonchev–Trinajstić information content (AvgIpc) is 3.54. The van der Waals surface area contributed by atoms with Crippen molar-refractivity contribution >= 4 is 23.3 Å². The predicted molar refractivity (Wildman–Crippen MR) is 119 cm³/mol. The van der Waals surface area contributed by atoms with Crippen molar-refractivity contribution in [1.29, 1.82) is 0 Å². The molecule has 0 radical (unpaired) electrons. The summed E-state index contributed by atoms with van der Waals surface area (Å²) in [6.45, 7) is 2.84. The van der Waals surface area contributed by atoms with Gasteiger partial charge in [0.2, 0.25) is 11.8 Å². The van der Waals surface area contributed by atoms with Gasteiger partial charge in [-0.2, -0.15) is 5.10 Å². The zero-order valence-electron chi connectivity index (χ0n) is 18.2.